The van der Waals surface area contributed by atoms with Crippen LogP contribution in [-0.4, -0.2) is 10.4 Å². The van der Waals surface area contributed by atoms with Crippen molar-refractivity contribution >= 4 is 97.2 Å². The third-order valence-corrected chi connectivity index (χ3v) is 11.6. The summed E-state index contributed by atoms with van der Waals surface area (Å²) >= 11 is 1.90. The minimum Gasteiger partial charge on any atom is -0.346 e. The average Bonchev–Trinajstić information content (AvgIpc) is 3.76. The molecule has 4 heteroatoms. The number of aliphatic imine (C=N–C) groups is 1. The van der Waals surface area contributed by atoms with Crippen molar-refractivity contribution in [3.8, 4) is 0 Å². The summed E-state index contributed by atoms with van der Waals surface area (Å²) in [5.74, 6) is 0.865. The number of nitrogens with one attached hydrogen (secondary N) is 1. The van der Waals surface area contributed by atoms with Gasteiger partial charge in [-0.25, -0.2) is 4.99 Å². The molecule has 0 aliphatic carbocycles. The van der Waals surface area contributed by atoms with Gasteiger partial charge in [0.05, 0.1) is 16.7 Å². The number of benzene rings is 8. The zero-order chi connectivity index (χ0) is 32.8. The SMILES string of the molecule is C1=C(c2ccccc2)N=C(c2ccccc2)NC1n1c2c3ccccc3c3ccccc3c2c2c3ccccc3c3sc4ccccc4c3c21. The molecule has 0 fully saturated rings. The van der Waals surface area contributed by atoms with Crippen molar-refractivity contribution in [2.24, 2.45) is 4.99 Å². The first kappa shape index (κ1) is 27.7. The zero-order valence-corrected chi connectivity index (χ0v) is 27.8. The van der Waals surface area contributed by atoms with Gasteiger partial charge >= 0.3 is 0 Å². The first-order chi connectivity index (χ1) is 24.8. The maximum atomic E-state index is 5.26. The topological polar surface area (TPSA) is 29.3 Å². The van der Waals surface area contributed by atoms with Gasteiger partial charge in [0.25, 0.3) is 0 Å². The van der Waals surface area contributed by atoms with E-state index in [9.17, 15) is 0 Å². The van der Waals surface area contributed by atoms with Crippen LogP contribution in [0.25, 0.3) is 80.0 Å². The number of hydrogen-bond acceptors (Lipinski definition) is 3. The summed E-state index contributed by atoms with van der Waals surface area (Å²) < 4.78 is 5.23. The average molecular weight is 656 g/mol. The Morgan fingerprint density at radius 3 is 1.70 bits per heavy atom. The monoisotopic (exact) mass is 655 g/mol. The lowest BCUT2D eigenvalue weighted by Gasteiger charge is -2.27. The predicted octanol–water partition coefficient (Wildman–Crippen LogP) is 12.2. The van der Waals surface area contributed by atoms with Gasteiger partial charge in [-0.2, -0.15) is 0 Å². The lowest BCUT2D eigenvalue weighted by molar-refractivity contribution is 0.602. The van der Waals surface area contributed by atoms with E-state index in [0.29, 0.717) is 0 Å². The summed E-state index contributed by atoms with van der Waals surface area (Å²) in [6.45, 7) is 0. The number of amidine groups is 1. The van der Waals surface area contributed by atoms with Crippen molar-refractivity contribution in [3.63, 3.8) is 0 Å². The van der Waals surface area contributed by atoms with Crippen molar-refractivity contribution in [2.75, 3.05) is 0 Å². The van der Waals surface area contributed by atoms with Crippen molar-refractivity contribution in [1.82, 2.24) is 9.88 Å². The minimum atomic E-state index is -0.231. The molecule has 1 N–H and O–H groups in total. The molecule has 11 rings (SSSR count). The lowest BCUT2D eigenvalue weighted by atomic mass is 9.94. The van der Waals surface area contributed by atoms with E-state index in [1.165, 1.54) is 74.3 Å². The van der Waals surface area contributed by atoms with Crippen molar-refractivity contribution in [1.29, 1.82) is 0 Å². The van der Waals surface area contributed by atoms with E-state index in [1.54, 1.807) is 0 Å². The molecular weight excluding hydrogens is 627 g/mol. The van der Waals surface area contributed by atoms with Crippen LogP contribution in [0.3, 0.4) is 0 Å². The molecule has 0 radical (unpaired) electrons. The fraction of sp³-hybridized carbons (Fsp3) is 0.0217. The fourth-order valence-electron chi connectivity index (χ4n) is 8.31. The van der Waals surface area contributed by atoms with E-state index in [2.05, 4.69) is 174 Å². The second kappa shape index (κ2) is 10.6. The zero-order valence-electron chi connectivity index (χ0n) is 27.0. The summed E-state index contributed by atoms with van der Waals surface area (Å²) in [6.07, 6.45) is 2.09. The van der Waals surface area contributed by atoms with Crippen LogP contribution >= 0.6 is 11.3 Å². The number of aromatic nitrogens is 1. The second-order valence-corrected chi connectivity index (χ2v) is 14.1. The highest BCUT2D eigenvalue weighted by Gasteiger charge is 2.29. The number of thiophene rings is 1. The predicted molar refractivity (Wildman–Crippen MR) is 214 cm³/mol. The number of nitrogens with zero attached hydrogens (tertiary/aromatic N) is 2. The smallest absolute Gasteiger partial charge is 0.135 e. The number of rotatable bonds is 3. The molecule has 3 nitrogen and oxygen atoms in total. The van der Waals surface area contributed by atoms with Crippen LogP contribution in [0.15, 0.2) is 169 Å². The van der Waals surface area contributed by atoms with E-state index in [-0.39, 0.29) is 6.17 Å². The molecule has 1 atom stereocenters. The van der Waals surface area contributed by atoms with Gasteiger partial charge in [-0.15, -0.1) is 11.3 Å². The second-order valence-electron chi connectivity index (χ2n) is 13.1. The van der Waals surface area contributed by atoms with Crippen molar-refractivity contribution in [2.45, 2.75) is 6.17 Å². The van der Waals surface area contributed by atoms with Crippen LogP contribution in [0.5, 0.6) is 0 Å². The van der Waals surface area contributed by atoms with E-state index < -0.39 is 0 Å². The Kier molecular flexibility index (Phi) is 5.89. The molecule has 0 amide bonds. The summed E-state index contributed by atoms with van der Waals surface area (Å²) in [7, 11) is 0. The van der Waals surface area contributed by atoms with Gasteiger partial charge in [-0.05, 0) is 33.7 Å². The van der Waals surface area contributed by atoms with Gasteiger partial charge < -0.3 is 9.88 Å². The third kappa shape index (κ3) is 3.88. The first-order valence-electron chi connectivity index (χ1n) is 17.1. The Balaban J connectivity index is 1.40. The van der Waals surface area contributed by atoms with E-state index in [0.717, 1.165) is 22.7 Å². The van der Waals surface area contributed by atoms with Gasteiger partial charge in [0.1, 0.15) is 12.0 Å². The third-order valence-electron chi connectivity index (χ3n) is 10.4. The van der Waals surface area contributed by atoms with Crippen LogP contribution in [0.4, 0.5) is 0 Å². The maximum Gasteiger partial charge on any atom is 0.135 e. The molecule has 0 saturated heterocycles. The Morgan fingerprint density at radius 1 is 0.460 bits per heavy atom. The lowest BCUT2D eigenvalue weighted by Crippen LogP contribution is -2.34. The Morgan fingerprint density at radius 2 is 0.980 bits per heavy atom. The molecule has 0 bridgehead atoms. The molecule has 50 heavy (non-hydrogen) atoms. The highest BCUT2D eigenvalue weighted by molar-refractivity contribution is 7.27. The summed E-state index contributed by atoms with van der Waals surface area (Å²) in [5.41, 5.74) is 5.60. The van der Waals surface area contributed by atoms with Gasteiger partial charge in [-0.1, -0.05) is 152 Å². The summed E-state index contributed by atoms with van der Waals surface area (Å²) in [5, 5.41) is 16.8. The van der Waals surface area contributed by atoms with Gasteiger partial charge in [0.2, 0.25) is 0 Å². The van der Waals surface area contributed by atoms with Gasteiger partial charge in [0, 0.05) is 52.8 Å². The molecule has 1 unspecified atom stereocenters. The summed E-state index contributed by atoms with van der Waals surface area (Å²) in [6, 6.07) is 56.9. The molecule has 2 aromatic heterocycles. The van der Waals surface area contributed by atoms with Crippen LogP contribution in [0.1, 0.15) is 17.3 Å². The van der Waals surface area contributed by atoms with E-state index >= 15 is 0 Å². The molecule has 0 saturated carbocycles. The highest BCUT2D eigenvalue weighted by atomic mass is 32.1. The summed E-state index contributed by atoms with van der Waals surface area (Å²) in [4.78, 5) is 5.26. The molecule has 1 aliphatic heterocycles. The van der Waals surface area contributed by atoms with Crippen molar-refractivity contribution in [3.05, 3.63) is 175 Å². The molecule has 0 spiro atoms. The molecule has 10 aromatic rings. The largest absolute Gasteiger partial charge is 0.346 e. The standard InChI is InChI=1S/C46H29N3S/c1-3-15-28(16-4-1)37-27-39(48-46(47-37)29-17-5-2-6-18-29)49-43-34-23-11-8-20-31(34)30-19-7-9-21-32(30)40(43)41-33-22-10-12-24-35(33)45-42(44(41)49)36-25-13-14-26-38(36)50-45/h1-27,39H,(H,47,48). The molecule has 1 aliphatic rings. The van der Waals surface area contributed by atoms with E-state index in [1.807, 2.05) is 11.3 Å². The normalized spacial score (nSPS) is 15.0. The van der Waals surface area contributed by atoms with Crippen LogP contribution in [0, 0.1) is 0 Å². The highest BCUT2D eigenvalue weighted by Crippen LogP contribution is 2.51. The quantitative estimate of drug-likeness (QED) is 0.189. The van der Waals surface area contributed by atoms with Crippen LogP contribution in [0.2, 0.25) is 0 Å². The molecular formula is C46H29N3S. The maximum absolute atomic E-state index is 5.26. The molecule has 8 aromatic carbocycles. The van der Waals surface area contributed by atoms with Gasteiger partial charge in [0.15, 0.2) is 0 Å². The van der Waals surface area contributed by atoms with Crippen LogP contribution < -0.4 is 5.32 Å². The van der Waals surface area contributed by atoms with E-state index in [4.69, 9.17) is 4.99 Å². The number of hydrogen-bond donors (Lipinski definition) is 1. The molecule has 234 valence electrons. The van der Waals surface area contributed by atoms with Crippen molar-refractivity contribution < 1.29 is 0 Å². The van der Waals surface area contributed by atoms with Gasteiger partial charge in [-0.3, -0.25) is 0 Å². The van der Waals surface area contributed by atoms with Crippen LogP contribution in [-0.2, 0) is 0 Å². The molecule has 3 heterocycles. The fourth-order valence-corrected chi connectivity index (χ4v) is 9.55. The Bertz CT molecular complexity index is 3060. The Hall–Kier alpha value is -6.23. The number of fused-ring (bicyclic) bond motifs is 15. The minimum absolute atomic E-state index is 0.231. The Labute approximate surface area is 292 Å². The first-order valence-corrected chi connectivity index (χ1v) is 17.9.